The van der Waals surface area contributed by atoms with Crippen molar-refractivity contribution in [3.8, 4) is 5.75 Å². The standard InChI is InChI=1S/C14H13F2NO3S/c1-20-13-5-3-11(17)6-9(13)8-21(18,19)14-7-10(15)2-4-12(14)16/h2-7H,8,17H2,1H3. The molecule has 112 valence electrons. The molecule has 21 heavy (non-hydrogen) atoms. The Hall–Kier alpha value is -2.15. The van der Waals surface area contributed by atoms with E-state index >= 15 is 0 Å². The summed E-state index contributed by atoms with van der Waals surface area (Å²) in [6, 6.07) is 6.78. The van der Waals surface area contributed by atoms with Crippen molar-refractivity contribution in [2.24, 2.45) is 0 Å². The summed E-state index contributed by atoms with van der Waals surface area (Å²) in [7, 11) is -2.69. The molecule has 4 nitrogen and oxygen atoms in total. The van der Waals surface area contributed by atoms with Crippen LogP contribution in [-0.2, 0) is 15.6 Å². The molecule has 0 amide bonds. The zero-order chi connectivity index (χ0) is 15.6. The van der Waals surface area contributed by atoms with Crippen molar-refractivity contribution in [3.63, 3.8) is 0 Å². The topological polar surface area (TPSA) is 69.4 Å². The van der Waals surface area contributed by atoms with E-state index in [2.05, 4.69) is 0 Å². The number of hydrogen-bond acceptors (Lipinski definition) is 4. The van der Waals surface area contributed by atoms with Gasteiger partial charge in [-0.15, -0.1) is 0 Å². The molecule has 7 heteroatoms. The van der Waals surface area contributed by atoms with Crippen molar-refractivity contribution in [1.82, 2.24) is 0 Å². The van der Waals surface area contributed by atoms with Gasteiger partial charge in [0.05, 0.1) is 12.9 Å². The second kappa shape index (κ2) is 5.69. The molecule has 0 aliphatic rings. The van der Waals surface area contributed by atoms with E-state index in [4.69, 9.17) is 10.5 Å². The van der Waals surface area contributed by atoms with Crippen molar-refractivity contribution in [2.45, 2.75) is 10.6 Å². The summed E-state index contributed by atoms with van der Waals surface area (Å²) in [5, 5.41) is 0. The lowest BCUT2D eigenvalue weighted by Crippen LogP contribution is -2.09. The van der Waals surface area contributed by atoms with E-state index in [0.717, 1.165) is 12.1 Å². The number of benzene rings is 2. The molecule has 0 saturated carbocycles. The largest absolute Gasteiger partial charge is 0.496 e. The van der Waals surface area contributed by atoms with Gasteiger partial charge < -0.3 is 10.5 Å². The molecule has 0 saturated heterocycles. The SMILES string of the molecule is COc1ccc(N)cc1CS(=O)(=O)c1cc(F)ccc1F. The van der Waals surface area contributed by atoms with E-state index in [0.29, 0.717) is 17.5 Å². The smallest absolute Gasteiger partial charge is 0.185 e. The van der Waals surface area contributed by atoms with Gasteiger partial charge in [0.25, 0.3) is 0 Å². The van der Waals surface area contributed by atoms with Crippen molar-refractivity contribution >= 4 is 15.5 Å². The van der Waals surface area contributed by atoms with Gasteiger partial charge in [-0.05, 0) is 36.4 Å². The predicted octanol–water partition coefficient (Wildman–Crippen LogP) is 2.53. The molecule has 0 fully saturated rings. The maximum absolute atomic E-state index is 13.6. The lowest BCUT2D eigenvalue weighted by Gasteiger charge is -2.10. The molecule has 0 aromatic heterocycles. The molecule has 0 atom stereocenters. The van der Waals surface area contributed by atoms with Crippen LogP contribution in [0.25, 0.3) is 0 Å². The first-order valence-electron chi connectivity index (χ1n) is 5.93. The van der Waals surface area contributed by atoms with Gasteiger partial charge in [0.2, 0.25) is 0 Å². The van der Waals surface area contributed by atoms with Crippen LogP contribution in [0.2, 0.25) is 0 Å². The number of methoxy groups -OCH3 is 1. The summed E-state index contributed by atoms with van der Waals surface area (Å²) in [4.78, 5) is -0.688. The van der Waals surface area contributed by atoms with Crippen molar-refractivity contribution in [2.75, 3.05) is 12.8 Å². The second-order valence-electron chi connectivity index (χ2n) is 4.41. The van der Waals surface area contributed by atoms with Gasteiger partial charge in [0.15, 0.2) is 9.84 Å². The summed E-state index contributed by atoms with van der Waals surface area (Å²) in [6.45, 7) is 0. The van der Waals surface area contributed by atoms with Crippen molar-refractivity contribution < 1.29 is 21.9 Å². The molecule has 2 aromatic carbocycles. The maximum Gasteiger partial charge on any atom is 0.185 e. The summed E-state index contributed by atoms with van der Waals surface area (Å²) < 4.78 is 56.3. The highest BCUT2D eigenvalue weighted by molar-refractivity contribution is 7.90. The van der Waals surface area contributed by atoms with Crippen molar-refractivity contribution in [1.29, 1.82) is 0 Å². The number of anilines is 1. The van der Waals surface area contributed by atoms with Gasteiger partial charge in [-0.3, -0.25) is 0 Å². The first-order valence-corrected chi connectivity index (χ1v) is 7.59. The lowest BCUT2D eigenvalue weighted by atomic mass is 10.2. The van der Waals surface area contributed by atoms with E-state index in [1.54, 1.807) is 6.07 Å². The average Bonchev–Trinajstić information content (AvgIpc) is 2.41. The Morgan fingerprint density at radius 3 is 2.52 bits per heavy atom. The first kappa shape index (κ1) is 15.2. The molecule has 0 unspecified atom stereocenters. The Labute approximate surface area is 121 Å². The number of halogens is 2. The summed E-state index contributed by atoms with van der Waals surface area (Å²) in [6.07, 6.45) is 0. The molecular formula is C14H13F2NO3S. The van der Waals surface area contributed by atoms with E-state index in [9.17, 15) is 17.2 Å². The van der Waals surface area contributed by atoms with Crippen LogP contribution in [0.4, 0.5) is 14.5 Å². The fraction of sp³-hybridized carbons (Fsp3) is 0.143. The second-order valence-corrected chi connectivity index (χ2v) is 6.36. The third-order valence-electron chi connectivity index (χ3n) is 2.88. The lowest BCUT2D eigenvalue weighted by molar-refractivity contribution is 0.411. The monoisotopic (exact) mass is 313 g/mol. The minimum atomic E-state index is -4.07. The fourth-order valence-electron chi connectivity index (χ4n) is 1.91. The molecule has 0 bridgehead atoms. The zero-order valence-electron chi connectivity index (χ0n) is 11.1. The first-order chi connectivity index (χ1) is 9.83. The number of nitrogens with two attached hydrogens (primary N) is 1. The third kappa shape index (κ3) is 3.30. The Morgan fingerprint density at radius 1 is 1.14 bits per heavy atom. The molecule has 2 N–H and O–H groups in total. The van der Waals surface area contributed by atoms with Gasteiger partial charge in [-0.1, -0.05) is 0 Å². The Morgan fingerprint density at radius 2 is 1.86 bits per heavy atom. The van der Waals surface area contributed by atoms with Crippen LogP contribution < -0.4 is 10.5 Å². The number of nitrogen functional groups attached to an aromatic ring is 1. The molecular weight excluding hydrogens is 300 g/mol. The summed E-state index contributed by atoms with van der Waals surface area (Å²) in [5.41, 5.74) is 6.24. The Bertz CT molecular complexity index is 776. The minimum Gasteiger partial charge on any atom is -0.496 e. The van der Waals surface area contributed by atoms with E-state index in [-0.39, 0.29) is 5.56 Å². The van der Waals surface area contributed by atoms with Crippen LogP contribution in [0.5, 0.6) is 5.75 Å². The molecule has 2 aromatic rings. The zero-order valence-corrected chi connectivity index (χ0v) is 12.0. The highest BCUT2D eigenvalue weighted by Crippen LogP contribution is 2.27. The van der Waals surface area contributed by atoms with Gasteiger partial charge in [-0.2, -0.15) is 0 Å². The number of ether oxygens (including phenoxy) is 1. The summed E-state index contributed by atoms with van der Waals surface area (Å²) >= 11 is 0. The highest BCUT2D eigenvalue weighted by atomic mass is 32.2. The van der Waals surface area contributed by atoms with Gasteiger partial charge >= 0.3 is 0 Å². The van der Waals surface area contributed by atoms with Crippen LogP contribution in [0.15, 0.2) is 41.3 Å². The van der Waals surface area contributed by atoms with Gasteiger partial charge in [0.1, 0.15) is 22.3 Å². The Balaban J connectivity index is 2.47. The van der Waals surface area contributed by atoms with E-state index in [1.165, 1.54) is 19.2 Å². The minimum absolute atomic E-state index is 0.279. The van der Waals surface area contributed by atoms with E-state index < -0.39 is 32.1 Å². The Kier molecular flexibility index (Phi) is 4.13. The number of sulfone groups is 1. The van der Waals surface area contributed by atoms with E-state index in [1.807, 2.05) is 0 Å². The average molecular weight is 313 g/mol. The molecule has 0 heterocycles. The molecule has 0 spiro atoms. The number of rotatable bonds is 4. The molecule has 0 aliphatic heterocycles. The summed E-state index contributed by atoms with van der Waals surface area (Å²) in [5.74, 6) is -2.06. The molecule has 0 aliphatic carbocycles. The molecule has 2 rings (SSSR count). The molecule has 0 radical (unpaired) electrons. The van der Waals surface area contributed by atoms with Crippen LogP contribution in [0.3, 0.4) is 0 Å². The van der Waals surface area contributed by atoms with Crippen molar-refractivity contribution in [3.05, 3.63) is 53.6 Å². The third-order valence-corrected chi connectivity index (χ3v) is 4.55. The fourth-order valence-corrected chi connectivity index (χ4v) is 3.36. The highest BCUT2D eigenvalue weighted by Gasteiger charge is 2.22. The number of hydrogen-bond donors (Lipinski definition) is 1. The van der Waals surface area contributed by atoms with Gasteiger partial charge in [-0.25, -0.2) is 17.2 Å². The maximum atomic E-state index is 13.6. The van der Waals surface area contributed by atoms with Crippen LogP contribution in [0.1, 0.15) is 5.56 Å². The quantitative estimate of drug-likeness (QED) is 0.881. The van der Waals surface area contributed by atoms with Crippen LogP contribution in [-0.4, -0.2) is 15.5 Å². The van der Waals surface area contributed by atoms with Gasteiger partial charge in [0, 0.05) is 11.3 Å². The normalized spacial score (nSPS) is 11.4. The van der Waals surface area contributed by atoms with Crippen LogP contribution in [0, 0.1) is 11.6 Å². The predicted molar refractivity (Wildman–Crippen MR) is 74.7 cm³/mol. The van der Waals surface area contributed by atoms with Crippen LogP contribution >= 0.6 is 0 Å².